The highest BCUT2D eigenvalue weighted by molar-refractivity contribution is 6.30. The van der Waals surface area contributed by atoms with Crippen molar-refractivity contribution in [3.8, 4) is 0 Å². The summed E-state index contributed by atoms with van der Waals surface area (Å²) in [4.78, 5) is 4.22. The third kappa shape index (κ3) is 2.55. The Kier molecular flexibility index (Phi) is 4.00. The molecule has 0 amide bonds. The summed E-state index contributed by atoms with van der Waals surface area (Å²) < 4.78 is 0. The summed E-state index contributed by atoms with van der Waals surface area (Å²) in [5, 5.41) is 4.11. The van der Waals surface area contributed by atoms with Gasteiger partial charge in [-0.3, -0.25) is 4.98 Å². The van der Waals surface area contributed by atoms with E-state index in [2.05, 4.69) is 24.1 Å². The lowest BCUT2D eigenvalue weighted by Crippen LogP contribution is -2.19. The number of hydrogen-bond acceptors (Lipinski definition) is 2. The van der Waals surface area contributed by atoms with Crippen LogP contribution in [0.4, 0.5) is 0 Å². The molecule has 0 saturated carbocycles. The monoisotopic (exact) mass is 260 g/mol. The molecule has 0 saturated heterocycles. The number of hydrogen-bond donors (Lipinski definition) is 1. The van der Waals surface area contributed by atoms with E-state index in [1.807, 2.05) is 43.7 Å². The molecule has 94 valence electrons. The average molecular weight is 261 g/mol. The zero-order chi connectivity index (χ0) is 13.1. The van der Waals surface area contributed by atoms with E-state index in [9.17, 15) is 0 Å². The summed E-state index contributed by atoms with van der Waals surface area (Å²) in [7, 11) is 1.96. The first kappa shape index (κ1) is 13.1. The van der Waals surface area contributed by atoms with E-state index >= 15 is 0 Å². The number of halogens is 1. The molecule has 0 radical (unpaired) electrons. The van der Waals surface area contributed by atoms with Gasteiger partial charge in [-0.2, -0.15) is 0 Å². The van der Waals surface area contributed by atoms with Crippen molar-refractivity contribution < 1.29 is 0 Å². The molecule has 0 spiro atoms. The molecule has 1 unspecified atom stereocenters. The largest absolute Gasteiger partial charge is 0.309 e. The number of pyridine rings is 1. The molecule has 0 aliphatic carbocycles. The van der Waals surface area contributed by atoms with E-state index < -0.39 is 0 Å². The van der Waals surface area contributed by atoms with Crippen LogP contribution in [0.15, 0.2) is 36.7 Å². The first-order valence-corrected chi connectivity index (χ1v) is 6.35. The summed E-state index contributed by atoms with van der Waals surface area (Å²) in [6, 6.07) is 8.14. The molecule has 0 aliphatic rings. The van der Waals surface area contributed by atoms with Crippen molar-refractivity contribution in [3.63, 3.8) is 0 Å². The molecular weight excluding hydrogens is 244 g/mol. The van der Waals surface area contributed by atoms with Crippen LogP contribution in [0.1, 0.15) is 28.3 Å². The van der Waals surface area contributed by atoms with Crippen molar-refractivity contribution in [3.05, 3.63) is 63.9 Å². The molecule has 3 heteroatoms. The smallest absolute Gasteiger partial charge is 0.0595 e. The number of nitrogens with zero attached hydrogens (tertiary/aromatic N) is 1. The van der Waals surface area contributed by atoms with Gasteiger partial charge in [0.25, 0.3) is 0 Å². The maximum absolute atomic E-state index is 6.10. The van der Waals surface area contributed by atoms with Crippen molar-refractivity contribution in [2.75, 3.05) is 7.05 Å². The van der Waals surface area contributed by atoms with Gasteiger partial charge in [0.1, 0.15) is 0 Å². The molecule has 2 aromatic rings. The average Bonchev–Trinajstić information content (AvgIpc) is 2.36. The van der Waals surface area contributed by atoms with Gasteiger partial charge < -0.3 is 5.32 Å². The lowest BCUT2D eigenvalue weighted by Gasteiger charge is -2.21. The predicted molar refractivity (Wildman–Crippen MR) is 76.1 cm³/mol. The summed E-state index contributed by atoms with van der Waals surface area (Å²) in [6.45, 7) is 4.20. The van der Waals surface area contributed by atoms with Gasteiger partial charge in [0, 0.05) is 17.4 Å². The van der Waals surface area contributed by atoms with Crippen LogP contribution in [0, 0.1) is 13.8 Å². The second kappa shape index (κ2) is 5.51. The van der Waals surface area contributed by atoms with Crippen LogP contribution in [-0.4, -0.2) is 12.0 Å². The fourth-order valence-corrected chi connectivity index (χ4v) is 2.36. The van der Waals surface area contributed by atoms with Crippen molar-refractivity contribution in [1.82, 2.24) is 10.3 Å². The number of benzene rings is 1. The summed E-state index contributed by atoms with van der Waals surface area (Å²) in [5.41, 5.74) is 4.83. The standard InChI is InChI=1S/C15H17ClN2/c1-10-4-5-12(16)8-13(10)15(17-3)14-9-18-7-6-11(14)2/h4-9,15,17H,1-3H3. The lowest BCUT2D eigenvalue weighted by atomic mass is 9.94. The van der Waals surface area contributed by atoms with Crippen LogP contribution in [-0.2, 0) is 0 Å². The van der Waals surface area contributed by atoms with E-state index in [1.165, 1.54) is 22.3 Å². The Bertz CT molecular complexity index is 552. The molecule has 1 aromatic heterocycles. The van der Waals surface area contributed by atoms with Gasteiger partial charge in [-0.05, 0) is 61.3 Å². The van der Waals surface area contributed by atoms with E-state index in [0.29, 0.717) is 0 Å². The highest BCUT2D eigenvalue weighted by Crippen LogP contribution is 2.28. The van der Waals surface area contributed by atoms with Crippen LogP contribution in [0.2, 0.25) is 5.02 Å². The first-order valence-electron chi connectivity index (χ1n) is 5.97. The molecule has 1 atom stereocenters. The Morgan fingerprint density at radius 2 is 1.83 bits per heavy atom. The molecule has 1 heterocycles. The number of aromatic nitrogens is 1. The second-order valence-electron chi connectivity index (χ2n) is 4.45. The van der Waals surface area contributed by atoms with Gasteiger partial charge in [-0.15, -0.1) is 0 Å². The van der Waals surface area contributed by atoms with Gasteiger partial charge >= 0.3 is 0 Å². The van der Waals surface area contributed by atoms with Crippen molar-refractivity contribution in [1.29, 1.82) is 0 Å². The molecule has 2 nitrogen and oxygen atoms in total. The first-order chi connectivity index (χ1) is 8.63. The summed E-state index contributed by atoms with van der Waals surface area (Å²) in [5.74, 6) is 0. The SMILES string of the molecule is CNC(c1cnccc1C)c1cc(Cl)ccc1C. The zero-order valence-electron chi connectivity index (χ0n) is 10.9. The topological polar surface area (TPSA) is 24.9 Å². The van der Waals surface area contributed by atoms with E-state index in [4.69, 9.17) is 11.6 Å². The van der Waals surface area contributed by atoms with Crippen LogP contribution in [0.5, 0.6) is 0 Å². The minimum Gasteiger partial charge on any atom is -0.309 e. The Morgan fingerprint density at radius 3 is 2.50 bits per heavy atom. The van der Waals surface area contributed by atoms with Crippen molar-refractivity contribution in [2.24, 2.45) is 0 Å². The quantitative estimate of drug-likeness (QED) is 0.911. The molecule has 2 rings (SSSR count). The maximum atomic E-state index is 6.10. The van der Waals surface area contributed by atoms with Gasteiger partial charge in [0.2, 0.25) is 0 Å². The second-order valence-corrected chi connectivity index (χ2v) is 4.89. The molecule has 0 fully saturated rings. The van der Waals surface area contributed by atoms with E-state index in [-0.39, 0.29) is 6.04 Å². The Morgan fingerprint density at radius 1 is 1.11 bits per heavy atom. The van der Waals surface area contributed by atoms with Crippen LogP contribution < -0.4 is 5.32 Å². The Labute approximate surface area is 113 Å². The fraction of sp³-hybridized carbons (Fsp3) is 0.267. The fourth-order valence-electron chi connectivity index (χ4n) is 2.18. The van der Waals surface area contributed by atoms with Crippen LogP contribution in [0.25, 0.3) is 0 Å². The Balaban J connectivity index is 2.52. The maximum Gasteiger partial charge on any atom is 0.0595 e. The number of rotatable bonds is 3. The molecule has 0 aliphatic heterocycles. The predicted octanol–water partition coefficient (Wildman–Crippen LogP) is 3.66. The summed E-state index contributed by atoms with van der Waals surface area (Å²) >= 11 is 6.10. The van der Waals surface area contributed by atoms with Crippen LogP contribution >= 0.6 is 11.6 Å². The number of nitrogens with one attached hydrogen (secondary N) is 1. The number of aryl methyl sites for hydroxylation is 2. The minimum absolute atomic E-state index is 0.123. The molecule has 1 N–H and O–H groups in total. The van der Waals surface area contributed by atoms with Crippen LogP contribution in [0.3, 0.4) is 0 Å². The minimum atomic E-state index is 0.123. The van der Waals surface area contributed by atoms with Gasteiger partial charge in [0.15, 0.2) is 0 Å². The summed E-state index contributed by atoms with van der Waals surface area (Å²) in [6.07, 6.45) is 3.73. The third-order valence-electron chi connectivity index (χ3n) is 3.23. The molecular formula is C15H17ClN2. The highest BCUT2D eigenvalue weighted by Gasteiger charge is 2.16. The molecule has 18 heavy (non-hydrogen) atoms. The molecule has 0 bridgehead atoms. The zero-order valence-corrected chi connectivity index (χ0v) is 11.6. The highest BCUT2D eigenvalue weighted by atomic mass is 35.5. The third-order valence-corrected chi connectivity index (χ3v) is 3.47. The van der Waals surface area contributed by atoms with E-state index in [1.54, 1.807) is 0 Å². The molecule has 1 aromatic carbocycles. The lowest BCUT2D eigenvalue weighted by molar-refractivity contribution is 0.680. The van der Waals surface area contributed by atoms with E-state index in [0.717, 1.165) is 5.02 Å². The van der Waals surface area contributed by atoms with Crippen molar-refractivity contribution >= 4 is 11.6 Å². The van der Waals surface area contributed by atoms with Gasteiger partial charge in [0.05, 0.1) is 6.04 Å². The normalized spacial score (nSPS) is 12.4. The van der Waals surface area contributed by atoms with Gasteiger partial charge in [-0.1, -0.05) is 17.7 Å². The van der Waals surface area contributed by atoms with Crippen molar-refractivity contribution in [2.45, 2.75) is 19.9 Å². The van der Waals surface area contributed by atoms with Gasteiger partial charge in [-0.25, -0.2) is 0 Å². The Hall–Kier alpha value is -1.38.